The van der Waals surface area contributed by atoms with E-state index in [-0.39, 0.29) is 11.9 Å². The van der Waals surface area contributed by atoms with E-state index in [9.17, 15) is 4.79 Å². The Morgan fingerprint density at radius 3 is 2.69 bits per heavy atom. The first kappa shape index (κ1) is 26.5. The summed E-state index contributed by atoms with van der Waals surface area (Å²) in [5.41, 5.74) is 1.89. The van der Waals surface area contributed by atoms with Crippen molar-refractivity contribution in [2.75, 3.05) is 70.3 Å². The smallest absolute Gasteiger partial charge is 0.241 e. The van der Waals surface area contributed by atoms with E-state index in [0.29, 0.717) is 32.1 Å². The summed E-state index contributed by atoms with van der Waals surface area (Å²) < 4.78 is 6.99. The van der Waals surface area contributed by atoms with Crippen LogP contribution in [0.2, 0.25) is 0 Å². The maximum atomic E-state index is 12.3. The van der Waals surface area contributed by atoms with Crippen LogP contribution in [0.1, 0.15) is 19.4 Å². The number of para-hydroxylation sites is 1. The predicted octanol–water partition coefficient (Wildman–Crippen LogP) is 2.22. The number of methoxy groups -OCH3 is 1. The molecular formula is C25H39N7O3. The fourth-order valence-electron chi connectivity index (χ4n) is 4.04. The first-order chi connectivity index (χ1) is 17.0. The molecule has 3 heterocycles. The lowest BCUT2D eigenvalue weighted by Gasteiger charge is -2.32. The zero-order valence-corrected chi connectivity index (χ0v) is 21.6. The van der Waals surface area contributed by atoms with Crippen LogP contribution >= 0.6 is 0 Å². The Morgan fingerprint density at radius 2 is 2.00 bits per heavy atom. The number of likely N-dealkylation sites (N-methyl/N-ethyl adjacent to an activating group) is 1. The third-order valence-electron chi connectivity index (χ3n) is 5.93. The molecule has 2 N–H and O–H groups in total. The number of piperazine rings is 1. The third-order valence-corrected chi connectivity index (χ3v) is 5.93. The van der Waals surface area contributed by atoms with Crippen LogP contribution in [0.25, 0.3) is 5.69 Å². The van der Waals surface area contributed by atoms with Crippen LogP contribution in [0, 0.1) is 6.92 Å². The Bertz CT molecular complexity index is 979. The van der Waals surface area contributed by atoms with Crippen molar-refractivity contribution in [1.29, 1.82) is 0 Å². The van der Waals surface area contributed by atoms with Gasteiger partial charge in [-0.15, -0.1) is 5.10 Å². The van der Waals surface area contributed by atoms with E-state index in [0.717, 1.165) is 42.5 Å². The molecule has 2 aliphatic heterocycles. The highest BCUT2D eigenvalue weighted by molar-refractivity contribution is 5.83. The average molecular weight is 486 g/mol. The molecule has 35 heavy (non-hydrogen) atoms. The van der Waals surface area contributed by atoms with E-state index in [2.05, 4.69) is 17.2 Å². The number of ether oxygens (including phenoxy) is 1. The molecular weight excluding hydrogens is 446 g/mol. The fraction of sp³-hybridized carbons (Fsp3) is 0.520. The van der Waals surface area contributed by atoms with E-state index in [1.165, 1.54) is 0 Å². The second-order valence-electron chi connectivity index (χ2n) is 8.40. The van der Waals surface area contributed by atoms with Gasteiger partial charge >= 0.3 is 0 Å². The van der Waals surface area contributed by atoms with Crippen LogP contribution < -0.4 is 15.5 Å². The molecule has 0 bridgehead atoms. The van der Waals surface area contributed by atoms with Crippen molar-refractivity contribution in [3.05, 3.63) is 48.3 Å². The summed E-state index contributed by atoms with van der Waals surface area (Å²) in [6.07, 6.45) is 0. The highest BCUT2D eigenvalue weighted by Crippen LogP contribution is 2.30. The number of benzene rings is 1. The molecule has 2 fully saturated rings. The van der Waals surface area contributed by atoms with Gasteiger partial charge in [0.1, 0.15) is 5.82 Å². The monoisotopic (exact) mass is 485 g/mol. The van der Waals surface area contributed by atoms with Gasteiger partial charge in [-0.05, 0) is 19.1 Å². The minimum Gasteiger partial charge on any atom is -0.383 e. The largest absolute Gasteiger partial charge is 0.383 e. The van der Waals surface area contributed by atoms with Gasteiger partial charge in [-0.2, -0.15) is 5.06 Å². The SMILES string of the molecule is C=C(Nc1c(C)c(N2CCN(C)C(=O)C2)nn1-c1ccccc1)N[C@H]1CON(CCOC)C1.CC. The Hall–Kier alpha value is -3.08. The number of nitrogens with zero attached hydrogens (tertiary/aromatic N) is 5. The molecule has 192 valence electrons. The van der Waals surface area contributed by atoms with Crippen LogP contribution in [-0.4, -0.2) is 91.8 Å². The fourth-order valence-corrected chi connectivity index (χ4v) is 4.04. The molecule has 1 atom stereocenters. The van der Waals surface area contributed by atoms with Gasteiger partial charge in [0, 0.05) is 45.9 Å². The summed E-state index contributed by atoms with van der Waals surface area (Å²) in [6.45, 7) is 14.6. The molecule has 1 aromatic carbocycles. The zero-order chi connectivity index (χ0) is 25.4. The number of amides is 1. The summed E-state index contributed by atoms with van der Waals surface area (Å²) in [4.78, 5) is 21.8. The van der Waals surface area contributed by atoms with E-state index in [4.69, 9.17) is 14.7 Å². The Kier molecular flexibility index (Phi) is 9.53. The quantitative estimate of drug-likeness (QED) is 0.559. The van der Waals surface area contributed by atoms with Gasteiger partial charge in [-0.1, -0.05) is 38.6 Å². The number of hydroxylamine groups is 2. The average Bonchev–Trinajstić information content (AvgIpc) is 3.45. The number of carbonyl (C=O) groups is 1. The standard InChI is InChI=1S/C23H33N7O3.C2H6/c1-17-22(25-18(2)24-19-14-29(33-16-19)12-13-32-4)30(20-8-6-5-7-9-20)26-23(17)28-11-10-27(3)21(31)15-28;1-2/h5-9,19,24-25H,2,10-16H2,1,3-4H3;1-2H3/t19-;/m1./s1. The lowest BCUT2D eigenvalue weighted by atomic mass is 10.2. The predicted molar refractivity (Wildman–Crippen MR) is 139 cm³/mol. The van der Waals surface area contributed by atoms with Gasteiger partial charge in [-0.25, -0.2) is 4.68 Å². The van der Waals surface area contributed by atoms with Crippen molar-refractivity contribution in [1.82, 2.24) is 25.1 Å². The van der Waals surface area contributed by atoms with E-state index < -0.39 is 0 Å². The van der Waals surface area contributed by atoms with Crippen LogP contribution in [0.3, 0.4) is 0 Å². The van der Waals surface area contributed by atoms with Crippen molar-refractivity contribution in [3.63, 3.8) is 0 Å². The van der Waals surface area contributed by atoms with Crippen LogP contribution in [0.15, 0.2) is 42.7 Å². The molecule has 0 aliphatic carbocycles. The molecule has 4 rings (SSSR count). The van der Waals surface area contributed by atoms with Gasteiger partial charge in [0.2, 0.25) is 5.91 Å². The van der Waals surface area contributed by atoms with Crippen molar-refractivity contribution >= 4 is 17.5 Å². The molecule has 0 spiro atoms. The molecule has 1 amide bonds. The van der Waals surface area contributed by atoms with Crippen LogP contribution in [0.4, 0.5) is 11.6 Å². The highest BCUT2D eigenvalue weighted by atomic mass is 16.7. The first-order valence-corrected chi connectivity index (χ1v) is 12.2. The molecule has 10 heteroatoms. The number of rotatable bonds is 9. The molecule has 0 saturated carbocycles. The van der Waals surface area contributed by atoms with Crippen LogP contribution in [-0.2, 0) is 14.4 Å². The lowest BCUT2D eigenvalue weighted by molar-refractivity contribution is -0.129. The van der Waals surface area contributed by atoms with E-state index >= 15 is 0 Å². The van der Waals surface area contributed by atoms with Gasteiger partial charge < -0.3 is 25.2 Å². The summed E-state index contributed by atoms with van der Waals surface area (Å²) in [7, 11) is 3.52. The third kappa shape index (κ3) is 6.53. The second kappa shape index (κ2) is 12.6. The number of hydrogen-bond acceptors (Lipinski definition) is 8. The zero-order valence-electron chi connectivity index (χ0n) is 21.6. The molecule has 1 aromatic heterocycles. The Labute approximate surface area is 208 Å². The summed E-state index contributed by atoms with van der Waals surface area (Å²) >= 11 is 0. The first-order valence-electron chi connectivity index (χ1n) is 12.2. The maximum Gasteiger partial charge on any atom is 0.241 e. The number of hydrogen-bond donors (Lipinski definition) is 2. The van der Waals surface area contributed by atoms with Crippen LogP contribution in [0.5, 0.6) is 0 Å². The second-order valence-corrected chi connectivity index (χ2v) is 8.40. The molecule has 2 aliphatic rings. The van der Waals surface area contributed by atoms with Gasteiger partial charge in [0.05, 0.1) is 37.3 Å². The summed E-state index contributed by atoms with van der Waals surface area (Å²) in [6, 6.07) is 10.1. The van der Waals surface area contributed by atoms with Gasteiger partial charge in [0.15, 0.2) is 5.82 Å². The van der Waals surface area contributed by atoms with E-state index in [1.807, 2.05) is 72.8 Å². The normalized spacial score (nSPS) is 18.3. The molecule has 2 aromatic rings. The molecule has 0 unspecified atom stereocenters. The lowest BCUT2D eigenvalue weighted by Crippen LogP contribution is -2.48. The highest BCUT2D eigenvalue weighted by Gasteiger charge is 2.28. The van der Waals surface area contributed by atoms with Gasteiger partial charge in [-0.3, -0.25) is 9.63 Å². The minimum atomic E-state index is 0.0924. The topological polar surface area (TPSA) is 87.1 Å². The van der Waals surface area contributed by atoms with Crippen molar-refractivity contribution in [3.8, 4) is 5.69 Å². The van der Waals surface area contributed by atoms with Crippen molar-refractivity contribution in [2.45, 2.75) is 26.8 Å². The summed E-state index contributed by atoms with van der Waals surface area (Å²) in [5.74, 6) is 2.37. The van der Waals surface area contributed by atoms with Gasteiger partial charge in [0.25, 0.3) is 0 Å². The number of carbonyl (C=O) groups excluding carboxylic acids is 1. The Balaban J connectivity index is 0.00000167. The maximum absolute atomic E-state index is 12.3. The number of aromatic nitrogens is 2. The molecule has 10 nitrogen and oxygen atoms in total. The van der Waals surface area contributed by atoms with E-state index in [1.54, 1.807) is 12.0 Å². The number of anilines is 2. The minimum absolute atomic E-state index is 0.0924. The Morgan fingerprint density at radius 1 is 1.26 bits per heavy atom. The summed E-state index contributed by atoms with van der Waals surface area (Å²) in [5, 5.41) is 13.6. The van der Waals surface area contributed by atoms with Crippen molar-refractivity contribution < 1.29 is 14.4 Å². The molecule has 0 radical (unpaired) electrons. The number of nitrogens with one attached hydrogen (secondary N) is 2. The van der Waals surface area contributed by atoms with Crippen molar-refractivity contribution in [2.24, 2.45) is 0 Å². The molecule has 2 saturated heterocycles.